The summed E-state index contributed by atoms with van der Waals surface area (Å²) >= 11 is 0. The Morgan fingerprint density at radius 2 is 1.68 bits per heavy atom. The van der Waals surface area contributed by atoms with Gasteiger partial charge in [-0.3, -0.25) is 4.90 Å². The summed E-state index contributed by atoms with van der Waals surface area (Å²) in [4.78, 5) is 2.24. The highest BCUT2D eigenvalue weighted by molar-refractivity contribution is 5.85. The van der Waals surface area contributed by atoms with E-state index in [1.54, 1.807) is 18.4 Å². The molecule has 2 heterocycles. The first-order valence-corrected chi connectivity index (χ1v) is 7.37. The largest absolute Gasteiger partial charge is 0.573 e. The molecule has 0 unspecified atom stereocenters. The van der Waals surface area contributed by atoms with Gasteiger partial charge in [0.1, 0.15) is 11.5 Å². The smallest absolute Gasteiger partial charge is 0.467 e. The number of furan rings is 1. The zero-order valence-corrected chi connectivity index (χ0v) is 14.8. The van der Waals surface area contributed by atoms with Gasteiger partial charge in [-0.2, -0.15) is 0 Å². The Labute approximate surface area is 156 Å². The van der Waals surface area contributed by atoms with Crippen molar-refractivity contribution in [2.45, 2.75) is 12.4 Å². The van der Waals surface area contributed by atoms with Gasteiger partial charge >= 0.3 is 6.36 Å². The van der Waals surface area contributed by atoms with Crippen LogP contribution in [0.25, 0.3) is 0 Å². The van der Waals surface area contributed by atoms with E-state index < -0.39 is 6.36 Å². The average Bonchev–Trinajstić information content (AvgIpc) is 3.03. The molecule has 4 nitrogen and oxygen atoms in total. The Kier molecular flexibility index (Phi) is 8.08. The third-order valence-corrected chi connectivity index (χ3v) is 3.76. The predicted molar refractivity (Wildman–Crippen MR) is 92.6 cm³/mol. The van der Waals surface area contributed by atoms with E-state index >= 15 is 0 Å². The van der Waals surface area contributed by atoms with Crippen molar-refractivity contribution in [2.75, 3.05) is 26.2 Å². The topological polar surface area (TPSA) is 37.6 Å². The van der Waals surface area contributed by atoms with Crippen LogP contribution < -0.4 is 10.1 Å². The first-order chi connectivity index (χ1) is 11.0. The zero-order valence-electron chi connectivity index (χ0n) is 13.2. The molecule has 1 aliphatic rings. The van der Waals surface area contributed by atoms with Crippen molar-refractivity contribution in [3.05, 3.63) is 54.0 Å². The van der Waals surface area contributed by atoms with Crippen LogP contribution in [0.5, 0.6) is 5.75 Å². The Bertz CT molecular complexity index is 615. The number of hydrogen-bond acceptors (Lipinski definition) is 4. The normalized spacial score (nSPS) is 16.4. The molecule has 0 amide bonds. The number of alkyl halides is 3. The molecule has 3 rings (SSSR count). The van der Waals surface area contributed by atoms with E-state index in [1.165, 1.54) is 12.1 Å². The molecule has 0 spiro atoms. The molecular weight excluding hydrogens is 380 g/mol. The third kappa shape index (κ3) is 5.81. The van der Waals surface area contributed by atoms with Crippen molar-refractivity contribution in [1.82, 2.24) is 10.2 Å². The van der Waals surface area contributed by atoms with E-state index in [4.69, 9.17) is 4.42 Å². The predicted octanol–water partition coefficient (Wildman–Crippen LogP) is 4.02. The van der Waals surface area contributed by atoms with Crippen LogP contribution in [0.2, 0.25) is 0 Å². The van der Waals surface area contributed by atoms with Crippen LogP contribution in [0.4, 0.5) is 13.2 Å². The fraction of sp³-hybridized carbons (Fsp3) is 0.375. The van der Waals surface area contributed by atoms with Gasteiger partial charge in [-0.25, -0.2) is 0 Å². The zero-order chi connectivity index (χ0) is 16.3. The number of hydrogen-bond donors (Lipinski definition) is 1. The molecule has 9 heteroatoms. The number of halogens is 5. The quantitative estimate of drug-likeness (QED) is 0.843. The number of ether oxygens (including phenoxy) is 1. The van der Waals surface area contributed by atoms with Gasteiger partial charge in [0.05, 0.1) is 12.3 Å². The highest BCUT2D eigenvalue weighted by Crippen LogP contribution is 2.31. The van der Waals surface area contributed by atoms with Crippen LogP contribution in [0.3, 0.4) is 0 Å². The Balaban J connectivity index is 0.00000156. The van der Waals surface area contributed by atoms with Gasteiger partial charge in [0.15, 0.2) is 0 Å². The van der Waals surface area contributed by atoms with Gasteiger partial charge in [-0.15, -0.1) is 38.0 Å². The van der Waals surface area contributed by atoms with Gasteiger partial charge in [0.25, 0.3) is 0 Å². The SMILES string of the molecule is Cl.Cl.FC(F)(F)Oc1ccc([C@@H](c2ccco2)N2CCNCC2)cc1. The Hall–Kier alpha value is -1.41. The molecule has 1 aliphatic heterocycles. The second-order valence-electron chi connectivity index (χ2n) is 5.32. The lowest BCUT2D eigenvalue weighted by molar-refractivity contribution is -0.274. The summed E-state index contributed by atoms with van der Waals surface area (Å²) < 4.78 is 46.3. The number of nitrogens with one attached hydrogen (secondary N) is 1. The molecule has 1 atom stereocenters. The van der Waals surface area contributed by atoms with E-state index in [9.17, 15) is 13.2 Å². The molecule has 2 aromatic rings. The van der Waals surface area contributed by atoms with Gasteiger partial charge in [0.2, 0.25) is 0 Å². The molecule has 0 bridgehead atoms. The lowest BCUT2D eigenvalue weighted by Gasteiger charge is -2.34. The summed E-state index contributed by atoms with van der Waals surface area (Å²) in [6.45, 7) is 3.41. The second-order valence-corrected chi connectivity index (χ2v) is 5.32. The fourth-order valence-electron chi connectivity index (χ4n) is 2.79. The van der Waals surface area contributed by atoms with Gasteiger partial charge in [-0.05, 0) is 29.8 Å². The standard InChI is InChI=1S/C16H17F3N2O2.2ClH/c17-16(18,19)23-13-5-3-12(4-6-13)15(14-2-1-11-22-14)21-9-7-20-8-10-21;;/h1-6,11,15,20H,7-10H2;2*1H/t15-;;/m0../s1. The van der Waals surface area contributed by atoms with Crippen molar-refractivity contribution in [2.24, 2.45) is 0 Å². The molecule has 0 saturated carbocycles. The minimum atomic E-state index is -4.68. The maximum atomic E-state index is 12.3. The maximum Gasteiger partial charge on any atom is 0.573 e. The average molecular weight is 399 g/mol. The fourth-order valence-corrected chi connectivity index (χ4v) is 2.79. The molecule has 25 heavy (non-hydrogen) atoms. The van der Waals surface area contributed by atoms with E-state index in [1.807, 2.05) is 12.1 Å². The van der Waals surface area contributed by atoms with Gasteiger partial charge in [-0.1, -0.05) is 12.1 Å². The first-order valence-electron chi connectivity index (χ1n) is 7.37. The van der Waals surface area contributed by atoms with E-state index in [0.717, 1.165) is 37.5 Å². The summed E-state index contributed by atoms with van der Waals surface area (Å²) in [6.07, 6.45) is -3.08. The second kappa shape index (κ2) is 9.33. The lowest BCUT2D eigenvalue weighted by Crippen LogP contribution is -2.45. The van der Waals surface area contributed by atoms with Gasteiger partial charge < -0.3 is 14.5 Å². The Morgan fingerprint density at radius 1 is 1.04 bits per heavy atom. The van der Waals surface area contributed by atoms with Gasteiger partial charge in [0, 0.05) is 26.2 Å². The summed E-state index contributed by atoms with van der Waals surface area (Å²) in [5.74, 6) is 0.552. The third-order valence-electron chi connectivity index (χ3n) is 3.76. The molecule has 1 N–H and O–H groups in total. The number of rotatable bonds is 4. The van der Waals surface area contributed by atoms with E-state index in [2.05, 4.69) is 15.0 Å². The molecule has 1 saturated heterocycles. The lowest BCUT2D eigenvalue weighted by atomic mass is 10.0. The highest BCUT2D eigenvalue weighted by atomic mass is 35.5. The Morgan fingerprint density at radius 3 is 2.20 bits per heavy atom. The van der Waals surface area contributed by atoms with Crippen molar-refractivity contribution < 1.29 is 22.3 Å². The summed E-state index contributed by atoms with van der Waals surface area (Å²) in [7, 11) is 0. The molecule has 1 aromatic carbocycles. The molecule has 0 radical (unpaired) electrons. The molecular formula is C16H19Cl2F3N2O2. The highest BCUT2D eigenvalue weighted by Gasteiger charge is 2.31. The summed E-state index contributed by atoms with van der Waals surface area (Å²) in [6, 6.07) is 9.54. The molecule has 140 valence electrons. The molecule has 1 aromatic heterocycles. The number of benzene rings is 1. The van der Waals surface area contributed by atoms with Crippen molar-refractivity contribution in [3.8, 4) is 5.75 Å². The molecule has 0 aliphatic carbocycles. The minimum absolute atomic E-state index is 0. The van der Waals surface area contributed by atoms with Crippen molar-refractivity contribution >= 4 is 24.8 Å². The summed E-state index contributed by atoms with van der Waals surface area (Å²) in [5.41, 5.74) is 0.872. The van der Waals surface area contributed by atoms with E-state index in [-0.39, 0.29) is 36.6 Å². The van der Waals surface area contributed by atoms with Crippen molar-refractivity contribution in [1.29, 1.82) is 0 Å². The number of piperazine rings is 1. The first kappa shape index (κ1) is 21.6. The van der Waals surface area contributed by atoms with Crippen LogP contribution in [0.1, 0.15) is 17.4 Å². The summed E-state index contributed by atoms with van der Waals surface area (Å²) in [5, 5.41) is 3.28. The van der Waals surface area contributed by atoms with Crippen LogP contribution >= 0.6 is 24.8 Å². The van der Waals surface area contributed by atoms with E-state index in [0.29, 0.717) is 0 Å². The van der Waals surface area contributed by atoms with Crippen LogP contribution in [-0.4, -0.2) is 37.4 Å². The van der Waals surface area contributed by atoms with Crippen LogP contribution in [-0.2, 0) is 0 Å². The van der Waals surface area contributed by atoms with Crippen LogP contribution in [0, 0.1) is 0 Å². The monoisotopic (exact) mass is 398 g/mol. The molecule has 1 fully saturated rings. The minimum Gasteiger partial charge on any atom is -0.467 e. The number of nitrogens with zero attached hydrogens (tertiary/aromatic N) is 1. The van der Waals surface area contributed by atoms with Crippen LogP contribution in [0.15, 0.2) is 47.1 Å². The van der Waals surface area contributed by atoms with Crippen molar-refractivity contribution in [3.63, 3.8) is 0 Å². The maximum absolute atomic E-state index is 12.3.